The fourth-order valence-corrected chi connectivity index (χ4v) is 2.93. The zero-order chi connectivity index (χ0) is 14.8. The first kappa shape index (κ1) is 17.3. The Hall–Kier alpha value is -0.760. The second kappa shape index (κ2) is 10.0. The maximum absolute atomic E-state index is 3.49. The molecule has 1 saturated heterocycles. The Morgan fingerprint density at radius 3 is 2.75 bits per heavy atom. The number of nitrogens with one attached hydrogen (secondary N) is 1. The number of hydrogen-bond donors (Lipinski definition) is 1. The predicted molar refractivity (Wildman–Crippen MR) is 89.9 cm³/mol. The summed E-state index contributed by atoms with van der Waals surface area (Å²) in [5.74, 6) is 0. The summed E-state index contributed by atoms with van der Waals surface area (Å²) >= 11 is 0. The molecule has 1 rings (SSSR count). The molecule has 1 N–H and O–H groups in total. The summed E-state index contributed by atoms with van der Waals surface area (Å²) in [6, 6.07) is 0.827. The largest absolute Gasteiger partial charge is 0.390 e. The maximum atomic E-state index is 3.49. The topological polar surface area (TPSA) is 15.3 Å². The SMILES string of the molecule is CCC1CCCCN1CCN/C=C(\C)CCC=C(C)C. The van der Waals surface area contributed by atoms with E-state index in [0.717, 1.165) is 19.0 Å². The summed E-state index contributed by atoms with van der Waals surface area (Å²) in [6.45, 7) is 12.4. The van der Waals surface area contributed by atoms with Crippen LogP contribution in [0.15, 0.2) is 23.4 Å². The number of hydrogen-bond acceptors (Lipinski definition) is 2. The number of rotatable bonds is 8. The molecule has 0 aromatic rings. The van der Waals surface area contributed by atoms with Crippen molar-refractivity contribution in [3.05, 3.63) is 23.4 Å². The van der Waals surface area contributed by atoms with E-state index in [2.05, 4.69) is 50.2 Å². The minimum atomic E-state index is 0.827. The monoisotopic (exact) mass is 278 g/mol. The van der Waals surface area contributed by atoms with Crippen molar-refractivity contribution in [2.45, 2.75) is 72.3 Å². The van der Waals surface area contributed by atoms with Crippen molar-refractivity contribution in [2.24, 2.45) is 0 Å². The molecule has 0 radical (unpaired) electrons. The van der Waals surface area contributed by atoms with Crippen molar-refractivity contribution < 1.29 is 0 Å². The standard InChI is InChI=1S/C18H34N2/c1-5-18-11-6-7-13-20(18)14-12-19-15-17(4)10-8-9-16(2)3/h9,15,18-19H,5-8,10-14H2,1-4H3/b17-15+. The van der Waals surface area contributed by atoms with E-state index < -0.39 is 0 Å². The zero-order valence-corrected chi connectivity index (χ0v) is 14.0. The molecule has 1 atom stereocenters. The molecule has 0 aromatic carbocycles. The molecule has 2 nitrogen and oxygen atoms in total. The van der Waals surface area contributed by atoms with Gasteiger partial charge in [-0.25, -0.2) is 0 Å². The fourth-order valence-electron chi connectivity index (χ4n) is 2.93. The normalized spacial score (nSPS) is 20.8. The molecule has 1 aliphatic rings. The van der Waals surface area contributed by atoms with Gasteiger partial charge in [0.25, 0.3) is 0 Å². The average molecular weight is 278 g/mol. The molecule has 1 heterocycles. The van der Waals surface area contributed by atoms with Gasteiger partial charge in [0.05, 0.1) is 0 Å². The molecule has 0 bridgehead atoms. The highest BCUT2D eigenvalue weighted by atomic mass is 15.2. The van der Waals surface area contributed by atoms with Crippen LogP contribution in [-0.4, -0.2) is 30.6 Å². The molecule has 1 aliphatic heterocycles. The first-order valence-corrected chi connectivity index (χ1v) is 8.40. The predicted octanol–water partition coefficient (Wildman–Crippen LogP) is 4.49. The highest BCUT2D eigenvalue weighted by Crippen LogP contribution is 2.18. The van der Waals surface area contributed by atoms with Gasteiger partial charge in [-0.1, -0.05) is 30.6 Å². The van der Waals surface area contributed by atoms with Crippen molar-refractivity contribution in [3.8, 4) is 0 Å². The minimum absolute atomic E-state index is 0.827. The van der Waals surface area contributed by atoms with Crippen LogP contribution in [-0.2, 0) is 0 Å². The Morgan fingerprint density at radius 2 is 2.05 bits per heavy atom. The van der Waals surface area contributed by atoms with Crippen LogP contribution in [0.4, 0.5) is 0 Å². The van der Waals surface area contributed by atoms with Gasteiger partial charge in [0.15, 0.2) is 0 Å². The molecule has 20 heavy (non-hydrogen) atoms. The molecule has 0 aliphatic carbocycles. The first-order valence-electron chi connectivity index (χ1n) is 8.40. The van der Waals surface area contributed by atoms with Crippen LogP contribution >= 0.6 is 0 Å². The van der Waals surface area contributed by atoms with Gasteiger partial charge in [0, 0.05) is 19.1 Å². The summed E-state index contributed by atoms with van der Waals surface area (Å²) < 4.78 is 0. The van der Waals surface area contributed by atoms with Crippen LogP contribution in [0.3, 0.4) is 0 Å². The quantitative estimate of drug-likeness (QED) is 0.520. The molecule has 0 saturated carbocycles. The third kappa shape index (κ3) is 7.14. The molecular formula is C18H34N2. The molecule has 116 valence electrons. The molecular weight excluding hydrogens is 244 g/mol. The molecule has 2 heteroatoms. The van der Waals surface area contributed by atoms with Crippen LogP contribution < -0.4 is 5.32 Å². The van der Waals surface area contributed by atoms with E-state index in [-0.39, 0.29) is 0 Å². The summed E-state index contributed by atoms with van der Waals surface area (Å²) in [5, 5.41) is 3.49. The van der Waals surface area contributed by atoms with Crippen LogP contribution in [0, 0.1) is 0 Å². The summed E-state index contributed by atoms with van der Waals surface area (Å²) in [5.41, 5.74) is 2.87. The molecule has 0 amide bonds. The van der Waals surface area contributed by atoms with Gasteiger partial charge < -0.3 is 5.32 Å². The Kier molecular flexibility index (Phi) is 8.68. The van der Waals surface area contributed by atoms with Crippen LogP contribution in [0.5, 0.6) is 0 Å². The summed E-state index contributed by atoms with van der Waals surface area (Å²) in [4.78, 5) is 2.67. The van der Waals surface area contributed by atoms with Crippen molar-refractivity contribution in [3.63, 3.8) is 0 Å². The van der Waals surface area contributed by atoms with Gasteiger partial charge in [-0.15, -0.1) is 0 Å². The Morgan fingerprint density at radius 1 is 1.25 bits per heavy atom. The highest BCUT2D eigenvalue weighted by molar-refractivity contribution is 5.01. The lowest BCUT2D eigenvalue weighted by atomic mass is 10.0. The van der Waals surface area contributed by atoms with Crippen molar-refractivity contribution in [2.75, 3.05) is 19.6 Å². The molecule has 1 unspecified atom stereocenters. The number of nitrogens with zero attached hydrogens (tertiary/aromatic N) is 1. The van der Waals surface area contributed by atoms with Crippen molar-refractivity contribution >= 4 is 0 Å². The van der Waals surface area contributed by atoms with E-state index in [1.54, 1.807) is 0 Å². The van der Waals surface area contributed by atoms with Crippen LogP contribution in [0.2, 0.25) is 0 Å². The highest BCUT2D eigenvalue weighted by Gasteiger charge is 2.19. The van der Waals surface area contributed by atoms with Crippen LogP contribution in [0.25, 0.3) is 0 Å². The smallest absolute Gasteiger partial charge is 0.0269 e. The van der Waals surface area contributed by atoms with E-state index >= 15 is 0 Å². The number of allylic oxidation sites excluding steroid dienone is 3. The summed E-state index contributed by atoms with van der Waals surface area (Å²) in [7, 11) is 0. The third-order valence-electron chi connectivity index (χ3n) is 4.20. The van der Waals surface area contributed by atoms with Gasteiger partial charge >= 0.3 is 0 Å². The minimum Gasteiger partial charge on any atom is -0.390 e. The summed E-state index contributed by atoms with van der Waals surface area (Å²) in [6.07, 6.45) is 12.4. The lowest BCUT2D eigenvalue weighted by Crippen LogP contribution is -2.42. The van der Waals surface area contributed by atoms with Gasteiger partial charge in [0.1, 0.15) is 0 Å². The Labute approximate surface area is 126 Å². The fraction of sp³-hybridized carbons (Fsp3) is 0.778. The van der Waals surface area contributed by atoms with E-state index in [4.69, 9.17) is 0 Å². The van der Waals surface area contributed by atoms with Crippen molar-refractivity contribution in [1.29, 1.82) is 0 Å². The molecule has 0 spiro atoms. The average Bonchev–Trinajstić information content (AvgIpc) is 2.43. The first-order chi connectivity index (χ1) is 9.63. The lowest BCUT2D eigenvalue weighted by Gasteiger charge is -2.35. The number of piperidine rings is 1. The second-order valence-electron chi connectivity index (χ2n) is 6.36. The van der Waals surface area contributed by atoms with E-state index in [1.807, 2.05) is 0 Å². The second-order valence-corrected chi connectivity index (χ2v) is 6.36. The van der Waals surface area contributed by atoms with Gasteiger partial charge in [-0.3, -0.25) is 4.90 Å². The van der Waals surface area contributed by atoms with E-state index in [9.17, 15) is 0 Å². The van der Waals surface area contributed by atoms with Gasteiger partial charge in [-0.05, 0) is 65.6 Å². The Balaban J connectivity index is 2.17. The molecule has 0 aromatic heterocycles. The van der Waals surface area contributed by atoms with E-state index in [0.29, 0.717) is 0 Å². The number of likely N-dealkylation sites (tertiary alicyclic amines) is 1. The van der Waals surface area contributed by atoms with Gasteiger partial charge in [-0.2, -0.15) is 0 Å². The molecule has 1 fully saturated rings. The van der Waals surface area contributed by atoms with Crippen molar-refractivity contribution in [1.82, 2.24) is 10.2 Å². The third-order valence-corrected chi connectivity index (χ3v) is 4.20. The lowest BCUT2D eigenvalue weighted by molar-refractivity contribution is 0.146. The maximum Gasteiger partial charge on any atom is 0.0269 e. The van der Waals surface area contributed by atoms with Gasteiger partial charge in [0.2, 0.25) is 0 Å². The Bertz CT molecular complexity index is 313. The van der Waals surface area contributed by atoms with Crippen LogP contribution in [0.1, 0.15) is 66.2 Å². The van der Waals surface area contributed by atoms with E-state index in [1.165, 1.54) is 56.3 Å². The zero-order valence-electron chi connectivity index (χ0n) is 14.0.